The van der Waals surface area contributed by atoms with Gasteiger partial charge in [0.25, 0.3) is 0 Å². The predicted molar refractivity (Wildman–Crippen MR) is 74.9 cm³/mol. The Morgan fingerprint density at radius 2 is 1.95 bits per heavy atom. The SMILES string of the molecule is CC(=O)c1cc(Br)c(OCc2ccccc2)cc1F. The van der Waals surface area contributed by atoms with Gasteiger partial charge in [-0.1, -0.05) is 30.3 Å². The van der Waals surface area contributed by atoms with Crippen LogP contribution in [-0.4, -0.2) is 5.78 Å². The van der Waals surface area contributed by atoms with Gasteiger partial charge in [0.15, 0.2) is 5.78 Å². The molecule has 0 heterocycles. The van der Waals surface area contributed by atoms with Gasteiger partial charge in [-0.3, -0.25) is 4.79 Å². The van der Waals surface area contributed by atoms with Crippen molar-refractivity contribution in [2.75, 3.05) is 0 Å². The molecule has 19 heavy (non-hydrogen) atoms. The van der Waals surface area contributed by atoms with E-state index in [2.05, 4.69) is 15.9 Å². The summed E-state index contributed by atoms with van der Waals surface area (Å²) in [7, 11) is 0. The lowest BCUT2D eigenvalue weighted by molar-refractivity contribution is 0.101. The van der Waals surface area contributed by atoms with Crippen LogP contribution in [0.15, 0.2) is 46.9 Å². The van der Waals surface area contributed by atoms with Gasteiger partial charge in [0.1, 0.15) is 18.2 Å². The number of Topliss-reactive ketones (excluding diaryl/α,β-unsaturated/α-hetero) is 1. The van der Waals surface area contributed by atoms with Crippen molar-refractivity contribution in [1.82, 2.24) is 0 Å². The highest BCUT2D eigenvalue weighted by molar-refractivity contribution is 9.10. The molecule has 0 atom stereocenters. The number of carbonyl (C=O) groups is 1. The van der Waals surface area contributed by atoms with Crippen molar-refractivity contribution in [3.63, 3.8) is 0 Å². The standard InChI is InChI=1S/C15H12BrFO2/c1-10(18)12-7-13(16)15(8-14(12)17)19-9-11-5-3-2-4-6-11/h2-8H,9H2,1H3. The van der Waals surface area contributed by atoms with Gasteiger partial charge in [0.2, 0.25) is 0 Å². The highest BCUT2D eigenvalue weighted by Crippen LogP contribution is 2.29. The topological polar surface area (TPSA) is 26.3 Å². The molecule has 0 amide bonds. The number of rotatable bonds is 4. The Morgan fingerprint density at radius 1 is 1.26 bits per heavy atom. The zero-order chi connectivity index (χ0) is 13.8. The number of ether oxygens (including phenoxy) is 1. The predicted octanol–water partition coefficient (Wildman–Crippen LogP) is 4.37. The van der Waals surface area contributed by atoms with Crippen LogP contribution >= 0.6 is 15.9 Å². The maximum atomic E-state index is 13.7. The van der Waals surface area contributed by atoms with Gasteiger partial charge in [-0.2, -0.15) is 0 Å². The van der Waals surface area contributed by atoms with Crippen LogP contribution in [0.1, 0.15) is 22.8 Å². The second-order valence-electron chi connectivity index (χ2n) is 4.09. The molecule has 0 bridgehead atoms. The minimum atomic E-state index is -0.571. The minimum absolute atomic E-state index is 0.0546. The van der Waals surface area contributed by atoms with Gasteiger partial charge in [-0.05, 0) is 34.5 Å². The fourth-order valence-corrected chi connectivity index (χ4v) is 2.10. The fraction of sp³-hybridized carbons (Fsp3) is 0.133. The average molecular weight is 323 g/mol. The molecule has 0 unspecified atom stereocenters. The summed E-state index contributed by atoms with van der Waals surface area (Å²) in [6.45, 7) is 1.67. The summed E-state index contributed by atoms with van der Waals surface area (Å²) in [6, 6.07) is 12.3. The molecule has 0 aliphatic rings. The molecule has 0 saturated carbocycles. The number of ketones is 1. The lowest BCUT2D eigenvalue weighted by Crippen LogP contribution is -2.01. The smallest absolute Gasteiger partial charge is 0.162 e. The summed E-state index contributed by atoms with van der Waals surface area (Å²) >= 11 is 3.28. The molecule has 4 heteroatoms. The lowest BCUT2D eigenvalue weighted by Gasteiger charge is -2.10. The van der Waals surface area contributed by atoms with Crippen LogP contribution in [0.25, 0.3) is 0 Å². The van der Waals surface area contributed by atoms with Crippen LogP contribution in [-0.2, 0) is 6.61 Å². The van der Waals surface area contributed by atoms with E-state index in [4.69, 9.17) is 4.74 Å². The first kappa shape index (κ1) is 13.7. The zero-order valence-electron chi connectivity index (χ0n) is 10.3. The lowest BCUT2D eigenvalue weighted by atomic mass is 10.1. The third-order valence-electron chi connectivity index (χ3n) is 2.64. The molecule has 0 saturated heterocycles. The molecule has 0 radical (unpaired) electrons. The van der Waals surface area contributed by atoms with Crippen LogP contribution in [0.5, 0.6) is 5.75 Å². The van der Waals surface area contributed by atoms with E-state index in [1.807, 2.05) is 30.3 Å². The van der Waals surface area contributed by atoms with Crippen molar-refractivity contribution in [3.8, 4) is 5.75 Å². The Hall–Kier alpha value is -1.68. The number of hydrogen-bond donors (Lipinski definition) is 0. The van der Waals surface area contributed by atoms with Gasteiger partial charge >= 0.3 is 0 Å². The summed E-state index contributed by atoms with van der Waals surface area (Å²) in [5.41, 5.74) is 1.05. The molecule has 0 aliphatic heterocycles. The molecule has 98 valence electrons. The zero-order valence-corrected chi connectivity index (χ0v) is 11.9. The fourth-order valence-electron chi connectivity index (χ4n) is 1.64. The summed E-state index contributed by atoms with van der Waals surface area (Å²) in [6.07, 6.45) is 0. The minimum Gasteiger partial charge on any atom is -0.488 e. The highest BCUT2D eigenvalue weighted by atomic mass is 79.9. The molecule has 2 aromatic rings. The Morgan fingerprint density at radius 3 is 2.58 bits per heavy atom. The second kappa shape index (κ2) is 5.97. The van der Waals surface area contributed by atoms with Crippen LogP contribution in [0.2, 0.25) is 0 Å². The Bertz CT molecular complexity index is 597. The van der Waals surface area contributed by atoms with E-state index in [9.17, 15) is 9.18 Å². The van der Waals surface area contributed by atoms with Crippen molar-refractivity contribution >= 4 is 21.7 Å². The molecular weight excluding hydrogens is 311 g/mol. The first-order valence-electron chi connectivity index (χ1n) is 5.74. The Balaban J connectivity index is 2.17. The van der Waals surface area contributed by atoms with Gasteiger partial charge in [0.05, 0.1) is 10.0 Å². The molecular formula is C15H12BrFO2. The average Bonchev–Trinajstić information content (AvgIpc) is 2.40. The van der Waals surface area contributed by atoms with Crippen molar-refractivity contribution in [3.05, 3.63) is 63.9 Å². The van der Waals surface area contributed by atoms with E-state index in [-0.39, 0.29) is 11.3 Å². The van der Waals surface area contributed by atoms with E-state index in [1.54, 1.807) is 0 Å². The van der Waals surface area contributed by atoms with E-state index in [0.717, 1.165) is 5.56 Å². The third-order valence-corrected chi connectivity index (χ3v) is 3.26. The normalized spacial score (nSPS) is 10.3. The van der Waals surface area contributed by atoms with Gasteiger partial charge in [-0.25, -0.2) is 4.39 Å². The maximum Gasteiger partial charge on any atom is 0.162 e. The molecule has 0 spiro atoms. The number of hydrogen-bond acceptors (Lipinski definition) is 2. The maximum absolute atomic E-state index is 13.7. The Labute approximate surface area is 119 Å². The molecule has 0 fully saturated rings. The molecule has 0 aromatic heterocycles. The number of benzene rings is 2. The van der Waals surface area contributed by atoms with E-state index < -0.39 is 5.82 Å². The monoisotopic (exact) mass is 322 g/mol. The van der Waals surface area contributed by atoms with Crippen molar-refractivity contribution in [1.29, 1.82) is 0 Å². The summed E-state index contributed by atoms with van der Waals surface area (Å²) < 4.78 is 19.8. The summed E-state index contributed by atoms with van der Waals surface area (Å²) in [5.74, 6) is -0.502. The molecule has 0 N–H and O–H groups in total. The molecule has 0 aliphatic carbocycles. The molecule has 2 nitrogen and oxygen atoms in total. The first-order valence-corrected chi connectivity index (χ1v) is 6.54. The van der Waals surface area contributed by atoms with Crippen molar-refractivity contribution in [2.45, 2.75) is 13.5 Å². The number of halogens is 2. The van der Waals surface area contributed by atoms with Crippen LogP contribution in [0.3, 0.4) is 0 Å². The van der Waals surface area contributed by atoms with Crippen LogP contribution in [0.4, 0.5) is 4.39 Å². The van der Waals surface area contributed by atoms with Gasteiger partial charge in [-0.15, -0.1) is 0 Å². The van der Waals surface area contributed by atoms with Gasteiger partial charge in [0, 0.05) is 6.07 Å². The van der Waals surface area contributed by atoms with Gasteiger partial charge < -0.3 is 4.74 Å². The number of carbonyl (C=O) groups excluding carboxylic acids is 1. The summed E-state index contributed by atoms with van der Waals surface area (Å²) in [5, 5.41) is 0. The molecule has 2 rings (SSSR count). The van der Waals surface area contributed by atoms with Crippen molar-refractivity contribution in [2.24, 2.45) is 0 Å². The second-order valence-corrected chi connectivity index (χ2v) is 4.95. The highest BCUT2D eigenvalue weighted by Gasteiger charge is 2.12. The quantitative estimate of drug-likeness (QED) is 0.781. The molecule has 2 aromatic carbocycles. The van der Waals surface area contributed by atoms with E-state index >= 15 is 0 Å². The first-order chi connectivity index (χ1) is 9.08. The Kier molecular flexibility index (Phi) is 4.32. The van der Waals surface area contributed by atoms with E-state index in [1.165, 1.54) is 19.1 Å². The van der Waals surface area contributed by atoms with Crippen LogP contribution < -0.4 is 4.74 Å². The largest absolute Gasteiger partial charge is 0.488 e. The van der Waals surface area contributed by atoms with E-state index in [0.29, 0.717) is 16.8 Å². The third kappa shape index (κ3) is 3.41. The van der Waals surface area contributed by atoms with Crippen molar-refractivity contribution < 1.29 is 13.9 Å². The summed E-state index contributed by atoms with van der Waals surface area (Å²) in [4.78, 5) is 11.2. The van der Waals surface area contributed by atoms with Crippen LogP contribution in [0, 0.1) is 5.82 Å².